The molecule has 6 nitrogen and oxygen atoms in total. The van der Waals surface area contributed by atoms with E-state index in [-0.39, 0.29) is 5.92 Å². The molecule has 0 aromatic heterocycles. The second kappa shape index (κ2) is 6.44. The predicted octanol–water partition coefficient (Wildman–Crippen LogP) is 1.21. The zero-order valence-electron chi connectivity index (χ0n) is 11.3. The van der Waals surface area contributed by atoms with E-state index < -0.39 is 23.6 Å². The van der Waals surface area contributed by atoms with Crippen molar-refractivity contribution >= 4 is 12.0 Å². The number of hydroxylamine groups is 1. The highest BCUT2D eigenvalue weighted by Gasteiger charge is 2.26. The molecule has 6 heteroatoms. The van der Waals surface area contributed by atoms with Crippen LogP contribution in [0.15, 0.2) is 0 Å². The molecule has 17 heavy (non-hydrogen) atoms. The summed E-state index contributed by atoms with van der Waals surface area (Å²) in [4.78, 5) is 27.6. The lowest BCUT2D eigenvalue weighted by Crippen LogP contribution is -2.50. The fraction of sp³-hybridized carbons (Fsp3) is 0.818. The number of ether oxygens (including phenoxy) is 1. The van der Waals surface area contributed by atoms with Gasteiger partial charge in [0, 0.05) is 0 Å². The van der Waals surface area contributed by atoms with Crippen LogP contribution in [0.3, 0.4) is 0 Å². The Morgan fingerprint density at radius 1 is 1.18 bits per heavy atom. The number of rotatable bonds is 4. The maximum Gasteiger partial charge on any atom is 0.408 e. The summed E-state index contributed by atoms with van der Waals surface area (Å²) in [5, 5.41) is 2.50. The Balaban J connectivity index is 4.46. The fourth-order valence-corrected chi connectivity index (χ4v) is 1.13. The largest absolute Gasteiger partial charge is 0.444 e. The lowest BCUT2D eigenvalue weighted by Gasteiger charge is -2.24. The highest BCUT2D eigenvalue weighted by molar-refractivity contribution is 5.85. The van der Waals surface area contributed by atoms with Gasteiger partial charge < -0.3 is 10.1 Å². The van der Waals surface area contributed by atoms with E-state index in [1.54, 1.807) is 20.8 Å². The van der Waals surface area contributed by atoms with E-state index in [1.807, 2.05) is 13.8 Å². The second-order valence-corrected chi connectivity index (χ2v) is 5.04. The lowest BCUT2D eigenvalue weighted by molar-refractivity contribution is -0.134. The van der Waals surface area contributed by atoms with Gasteiger partial charge in [0.25, 0.3) is 5.91 Å². The number of alkyl carbamates (subject to hydrolysis) is 1. The maximum atomic E-state index is 11.6. The minimum Gasteiger partial charge on any atom is -0.444 e. The first-order valence-corrected chi connectivity index (χ1v) is 5.49. The van der Waals surface area contributed by atoms with E-state index in [0.717, 1.165) is 0 Å². The third-order valence-electron chi connectivity index (χ3n) is 1.82. The van der Waals surface area contributed by atoms with Crippen molar-refractivity contribution in [3.05, 3.63) is 0 Å². The number of carbonyl (C=O) groups is 2. The Morgan fingerprint density at radius 3 is 2.06 bits per heavy atom. The molecule has 0 spiro atoms. The Bertz CT molecular complexity index is 271. The highest BCUT2D eigenvalue weighted by atomic mass is 16.6. The Labute approximate surface area is 102 Å². The zero-order chi connectivity index (χ0) is 13.6. The second-order valence-electron chi connectivity index (χ2n) is 5.04. The molecule has 0 aliphatic heterocycles. The number of nitrogens with one attached hydrogen (secondary N) is 2. The molecular weight excluding hydrogens is 224 g/mol. The van der Waals surface area contributed by atoms with Crippen LogP contribution >= 0.6 is 0 Å². The number of carbonyl (C=O) groups excluding carboxylic acids is 2. The predicted molar refractivity (Wildman–Crippen MR) is 63.1 cm³/mol. The monoisotopic (exact) mass is 246 g/mol. The molecule has 0 fully saturated rings. The molecule has 0 aromatic rings. The fourth-order valence-electron chi connectivity index (χ4n) is 1.13. The maximum absolute atomic E-state index is 11.6. The van der Waals surface area contributed by atoms with Gasteiger partial charge in [-0.3, -0.25) is 9.63 Å². The first-order chi connectivity index (χ1) is 7.67. The molecule has 0 saturated heterocycles. The number of amides is 2. The quantitative estimate of drug-likeness (QED) is 0.731. The molecule has 0 aliphatic carbocycles. The molecule has 0 saturated carbocycles. The SMILES string of the molecule is CONC(=O)C(NC(=O)OC(C)(C)C)C(C)C. The molecule has 2 N–H and O–H groups in total. The van der Waals surface area contributed by atoms with Gasteiger partial charge in [0.15, 0.2) is 0 Å². The van der Waals surface area contributed by atoms with Gasteiger partial charge in [-0.2, -0.15) is 0 Å². The molecule has 0 bridgehead atoms. The molecule has 1 atom stereocenters. The Kier molecular flexibility index (Phi) is 5.95. The summed E-state index contributed by atoms with van der Waals surface area (Å²) in [5.74, 6) is -0.481. The van der Waals surface area contributed by atoms with Gasteiger partial charge in [0.05, 0.1) is 7.11 Å². The van der Waals surface area contributed by atoms with Gasteiger partial charge in [0.1, 0.15) is 11.6 Å². The summed E-state index contributed by atoms with van der Waals surface area (Å²) in [6.45, 7) is 8.90. The summed E-state index contributed by atoms with van der Waals surface area (Å²) in [7, 11) is 1.34. The minimum atomic E-state index is -0.690. The molecule has 0 radical (unpaired) electrons. The standard InChI is InChI=1S/C11H22N2O4/c1-7(2)8(9(14)13-16-6)12-10(15)17-11(3,4)5/h7-8H,1-6H3,(H,12,15)(H,13,14). The molecule has 2 amide bonds. The molecule has 0 aromatic carbocycles. The van der Waals surface area contributed by atoms with E-state index in [9.17, 15) is 9.59 Å². The molecule has 0 rings (SSSR count). The van der Waals surface area contributed by atoms with E-state index in [0.29, 0.717) is 0 Å². The van der Waals surface area contributed by atoms with E-state index >= 15 is 0 Å². The van der Waals surface area contributed by atoms with Crippen molar-refractivity contribution in [1.82, 2.24) is 10.8 Å². The van der Waals surface area contributed by atoms with Crippen molar-refractivity contribution in [2.24, 2.45) is 5.92 Å². The van der Waals surface area contributed by atoms with Gasteiger partial charge >= 0.3 is 6.09 Å². The summed E-state index contributed by atoms with van der Waals surface area (Å²) in [6.07, 6.45) is -0.623. The summed E-state index contributed by atoms with van der Waals surface area (Å²) in [5.41, 5.74) is 1.59. The first-order valence-electron chi connectivity index (χ1n) is 5.49. The highest BCUT2D eigenvalue weighted by Crippen LogP contribution is 2.08. The van der Waals surface area contributed by atoms with Crippen LogP contribution in [0.1, 0.15) is 34.6 Å². The number of hydrogen-bond donors (Lipinski definition) is 2. The van der Waals surface area contributed by atoms with Crippen molar-refractivity contribution in [2.45, 2.75) is 46.3 Å². The van der Waals surface area contributed by atoms with Crippen LogP contribution in [0.5, 0.6) is 0 Å². The van der Waals surface area contributed by atoms with Crippen molar-refractivity contribution in [1.29, 1.82) is 0 Å². The van der Waals surface area contributed by atoms with Crippen LogP contribution in [0, 0.1) is 5.92 Å². The van der Waals surface area contributed by atoms with Crippen LogP contribution in [0.2, 0.25) is 0 Å². The van der Waals surface area contributed by atoms with Gasteiger partial charge in [-0.15, -0.1) is 0 Å². The molecular formula is C11H22N2O4. The average molecular weight is 246 g/mol. The summed E-state index contributed by atoms with van der Waals surface area (Å²) in [6, 6.07) is -0.690. The summed E-state index contributed by atoms with van der Waals surface area (Å²) >= 11 is 0. The van der Waals surface area contributed by atoms with Gasteiger partial charge in [-0.1, -0.05) is 13.8 Å². The van der Waals surface area contributed by atoms with Gasteiger partial charge in [0.2, 0.25) is 0 Å². The van der Waals surface area contributed by atoms with Crippen LogP contribution in [-0.4, -0.2) is 30.8 Å². The lowest BCUT2D eigenvalue weighted by atomic mass is 10.0. The Hall–Kier alpha value is -1.30. The first kappa shape index (κ1) is 15.7. The Morgan fingerprint density at radius 2 is 1.71 bits per heavy atom. The minimum absolute atomic E-state index is 0.0716. The van der Waals surface area contributed by atoms with Gasteiger partial charge in [-0.05, 0) is 26.7 Å². The smallest absolute Gasteiger partial charge is 0.408 e. The number of hydrogen-bond acceptors (Lipinski definition) is 4. The summed E-state index contributed by atoms with van der Waals surface area (Å²) < 4.78 is 5.08. The van der Waals surface area contributed by atoms with Crippen LogP contribution in [0.4, 0.5) is 4.79 Å². The third kappa shape index (κ3) is 6.78. The average Bonchev–Trinajstić information content (AvgIpc) is 2.11. The zero-order valence-corrected chi connectivity index (χ0v) is 11.3. The van der Waals surface area contributed by atoms with Crippen molar-refractivity contribution in [3.8, 4) is 0 Å². The van der Waals surface area contributed by atoms with Crippen molar-refractivity contribution < 1.29 is 19.2 Å². The van der Waals surface area contributed by atoms with Gasteiger partial charge in [-0.25, -0.2) is 10.3 Å². The van der Waals surface area contributed by atoms with Crippen LogP contribution in [-0.2, 0) is 14.4 Å². The molecule has 1 unspecified atom stereocenters. The molecule has 0 heterocycles. The van der Waals surface area contributed by atoms with Crippen LogP contribution in [0.25, 0.3) is 0 Å². The topological polar surface area (TPSA) is 76.7 Å². The molecule has 0 aliphatic rings. The normalized spacial score (nSPS) is 13.1. The van der Waals surface area contributed by atoms with Crippen molar-refractivity contribution in [3.63, 3.8) is 0 Å². The van der Waals surface area contributed by atoms with E-state index in [4.69, 9.17) is 4.74 Å². The van der Waals surface area contributed by atoms with Crippen LogP contribution < -0.4 is 10.8 Å². The van der Waals surface area contributed by atoms with E-state index in [1.165, 1.54) is 7.11 Å². The molecule has 100 valence electrons. The van der Waals surface area contributed by atoms with E-state index in [2.05, 4.69) is 15.6 Å². The van der Waals surface area contributed by atoms with Crippen molar-refractivity contribution in [2.75, 3.05) is 7.11 Å². The third-order valence-corrected chi connectivity index (χ3v) is 1.82.